The first-order chi connectivity index (χ1) is 8.59. The van der Waals surface area contributed by atoms with Crippen LogP contribution in [0, 0.1) is 0 Å². The Labute approximate surface area is 114 Å². The number of hydrogen-bond acceptors (Lipinski definition) is 3. The Bertz CT molecular complexity index is 405. The predicted octanol–water partition coefficient (Wildman–Crippen LogP) is 2.45. The van der Waals surface area contributed by atoms with Gasteiger partial charge in [-0.15, -0.1) is 0 Å². The summed E-state index contributed by atoms with van der Waals surface area (Å²) in [5, 5.41) is 0.775. The van der Waals surface area contributed by atoms with Gasteiger partial charge in [-0.05, 0) is 38.1 Å². The summed E-state index contributed by atoms with van der Waals surface area (Å²) in [4.78, 5) is 2.33. The maximum atomic E-state index is 6.05. The van der Waals surface area contributed by atoms with Gasteiger partial charge in [0.2, 0.25) is 0 Å². The fraction of sp³-hybridized carbons (Fsp3) is 0.571. The van der Waals surface area contributed by atoms with Gasteiger partial charge in [0.25, 0.3) is 0 Å². The van der Waals surface area contributed by atoms with Crippen LogP contribution in [0.15, 0.2) is 24.3 Å². The predicted molar refractivity (Wildman–Crippen MR) is 74.9 cm³/mol. The molecule has 1 aromatic rings. The van der Waals surface area contributed by atoms with Gasteiger partial charge in [0, 0.05) is 24.2 Å². The van der Waals surface area contributed by atoms with E-state index in [9.17, 15) is 0 Å². The second-order valence-corrected chi connectivity index (χ2v) is 5.51. The number of hydrogen-bond donors (Lipinski definition) is 1. The highest BCUT2D eigenvalue weighted by Gasteiger charge is 2.39. The van der Waals surface area contributed by atoms with Gasteiger partial charge in [-0.3, -0.25) is 4.90 Å². The number of likely N-dealkylation sites (N-methyl/N-ethyl adjacent to an activating group) is 1. The van der Waals surface area contributed by atoms with E-state index in [2.05, 4.69) is 24.9 Å². The van der Waals surface area contributed by atoms with E-state index < -0.39 is 0 Å². The van der Waals surface area contributed by atoms with Gasteiger partial charge in [-0.1, -0.05) is 23.7 Å². The quantitative estimate of drug-likeness (QED) is 0.912. The number of benzene rings is 1. The summed E-state index contributed by atoms with van der Waals surface area (Å²) in [6.07, 6.45) is 0.991. The van der Waals surface area contributed by atoms with Gasteiger partial charge in [0.1, 0.15) is 0 Å². The van der Waals surface area contributed by atoms with Crippen LogP contribution >= 0.6 is 11.6 Å². The van der Waals surface area contributed by atoms with E-state index in [4.69, 9.17) is 22.1 Å². The molecule has 18 heavy (non-hydrogen) atoms. The zero-order chi connectivity index (χ0) is 13.2. The monoisotopic (exact) mass is 268 g/mol. The number of nitrogens with two attached hydrogens (primary N) is 1. The second-order valence-electron chi connectivity index (χ2n) is 5.07. The summed E-state index contributed by atoms with van der Waals surface area (Å²) < 4.78 is 5.53. The van der Waals surface area contributed by atoms with Crippen molar-refractivity contribution in [1.29, 1.82) is 0 Å². The van der Waals surface area contributed by atoms with E-state index in [1.165, 1.54) is 5.56 Å². The summed E-state index contributed by atoms with van der Waals surface area (Å²) in [5.74, 6) is 0. The highest BCUT2D eigenvalue weighted by atomic mass is 35.5. The summed E-state index contributed by atoms with van der Waals surface area (Å²) in [6.45, 7) is 4.31. The van der Waals surface area contributed by atoms with Crippen LogP contribution in [0.5, 0.6) is 0 Å². The first-order valence-electron chi connectivity index (χ1n) is 6.35. The van der Waals surface area contributed by atoms with Crippen LogP contribution in [0.3, 0.4) is 0 Å². The van der Waals surface area contributed by atoms with E-state index in [0.717, 1.165) is 18.1 Å². The molecule has 0 aromatic heterocycles. The van der Waals surface area contributed by atoms with Gasteiger partial charge in [-0.25, -0.2) is 0 Å². The number of ether oxygens (including phenoxy) is 1. The Balaban J connectivity index is 2.20. The molecule has 2 N–H and O–H groups in total. The zero-order valence-electron chi connectivity index (χ0n) is 11.0. The summed E-state index contributed by atoms with van der Waals surface area (Å²) in [6, 6.07) is 8.28. The van der Waals surface area contributed by atoms with Crippen LogP contribution in [-0.4, -0.2) is 37.2 Å². The van der Waals surface area contributed by atoms with Crippen LogP contribution in [0.2, 0.25) is 5.02 Å². The van der Waals surface area contributed by atoms with Gasteiger partial charge in [0.15, 0.2) is 0 Å². The SMILES string of the molecule is CC(c1cccc(Cl)c1)N(C)C1(CN)CCOC1. The molecule has 2 rings (SSSR count). The molecule has 0 amide bonds. The van der Waals surface area contributed by atoms with Gasteiger partial charge >= 0.3 is 0 Å². The molecule has 0 saturated carbocycles. The highest BCUT2D eigenvalue weighted by molar-refractivity contribution is 6.30. The molecule has 1 saturated heterocycles. The van der Waals surface area contributed by atoms with Crippen molar-refractivity contribution < 1.29 is 4.74 Å². The minimum Gasteiger partial charge on any atom is -0.379 e. The molecule has 0 aliphatic carbocycles. The van der Waals surface area contributed by atoms with Crippen molar-refractivity contribution in [3.05, 3.63) is 34.9 Å². The molecule has 0 spiro atoms. The minimum absolute atomic E-state index is 0.0399. The normalized spacial score (nSPS) is 25.6. The lowest BCUT2D eigenvalue weighted by atomic mass is 9.93. The van der Waals surface area contributed by atoms with Crippen LogP contribution in [-0.2, 0) is 4.74 Å². The van der Waals surface area contributed by atoms with Crippen LogP contribution in [0.1, 0.15) is 24.9 Å². The molecule has 100 valence electrons. The molecule has 3 nitrogen and oxygen atoms in total. The van der Waals surface area contributed by atoms with Gasteiger partial charge in [0.05, 0.1) is 12.1 Å². The minimum atomic E-state index is -0.0399. The lowest BCUT2D eigenvalue weighted by molar-refractivity contribution is 0.0647. The van der Waals surface area contributed by atoms with Crippen molar-refractivity contribution in [2.24, 2.45) is 5.73 Å². The average molecular weight is 269 g/mol. The van der Waals surface area contributed by atoms with Crippen molar-refractivity contribution in [3.8, 4) is 0 Å². The molecule has 1 heterocycles. The molecule has 1 aliphatic heterocycles. The van der Waals surface area contributed by atoms with Crippen molar-refractivity contribution in [3.63, 3.8) is 0 Å². The fourth-order valence-electron chi connectivity index (χ4n) is 2.58. The standard InChI is InChI=1S/C14H21ClN2O/c1-11(12-4-3-5-13(15)8-12)17(2)14(9-16)6-7-18-10-14/h3-5,8,11H,6-7,9-10,16H2,1-2H3. The molecule has 1 fully saturated rings. The molecule has 0 bridgehead atoms. The van der Waals surface area contributed by atoms with E-state index in [1.807, 2.05) is 18.2 Å². The van der Waals surface area contributed by atoms with Crippen molar-refractivity contribution >= 4 is 11.6 Å². The smallest absolute Gasteiger partial charge is 0.0663 e. The van der Waals surface area contributed by atoms with Crippen molar-refractivity contribution in [2.45, 2.75) is 24.9 Å². The number of nitrogens with zero attached hydrogens (tertiary/aromatic N) is 1. The molecular weight excluding hydrogens is 248 g/mol. The van der Waals surface area contributed by atoms with Crippen LogP contribution in [0.25, 0.3) is 0 Å². The summed E-state index contributed by atoms with van der Waals surface area (Å²) >= 11 is 6.05. The maximum absolute atomic E-state index is 6.05. The molecule has 4 heteroatoms. The van der Waals surface area contributed by atoms with E-state index in [-0.39, 0.29) is 11.6 Å². The molecule has 2 unspecified atom stereocenters. The molecule has 1 aromatic carbocycles. The Morgan fingerprint density at radius 3 is 2.89 bits per heavy atom. The van der Waals surface area contributed by atoms with E-state index >= 15 is 0 Å². The highest BCUT2D eigenvalue weighted by Crippen LogP contribution is 2.32. The summed E-state index contributed by atoms with van der Waals surface area (Å²) in [5.41, 5.74) is 7.14. The van der Waals surface area contributed by atoms with E-state index in [1.54, 1.807) is 0 Å². The maximum Gasteiger partial charge on any atom is 0.0663 e. The zero-order valence-corrected chi connectivity index (χ0v) is 11.8. The lowest BCUT2D eigenvalue weighted by Crippen LogP contribution is -2.53. The van der Waals surface area contributed by atoms with Crippen LogP contribution in [0.4, 0.5) is 0 Å². The number of halogens is 1. The molecular formula is C14H21ClN2O. The van der Waals surface area contributed by atoms with Gasteiger partial charge in [-0.2, -0.15) is 0 Å². The Kier molecular flexibility index (Phi) is 4.28. The number of rotatable bonds is 4. The lowest BCUT2D eigenvalue weighted by Gasteiger charge is -2.40. The Morgan fingerprint density at radius 2 is 2.33 bits per heavy atom. The topological polar surface area (TPSA) is 38.5 Å². The Hall–Kier alpha value is -0.610. The average Bonchev–Trinajstić information content (AvgIpc) is 2.87. The van der Waals surface area contributed by atoms with Crippen LogP contribution < -0.4 is 5.73 Å². The third-order valence-corrected chi connectivity index (χ3v) is 4.36. The first kappa shape index (κ1) is 13.8. The fourth-order valence-corrected chi connectivity index (χ4v) is 2.78. The molecule has 0 radical (unpaired) electrons. The Morgan fingerprint density at radius 1 is 1.56 bits per heavy atom. The van der Waals surface area contributed by atoms with E-state index in [0.29, 0.717) is 13.2 Å². The first-order valence-corrected chi connectivity index (χ1v) is 6.73. The third kappa shape index (κ3) is 2.54. The van der Waals surface area contributed by atoms with Crippen molar-refractivity contribution in [2.75, 3.05) is 26.8 Å². The summed E-state index contributed by atoms with van der Waals surface area (Å²) in [7, 11) is 2.12. The largest absolute Gasteiger partial charge is 0.379 e. The molecule has 2 atom stereocenters. The second kappa shape index (κ2) is 5.57. The third-order valence-electron chi connectivity index (χ3n) is 4.12. The molecule has 1 aliphatic rings. The van der Waals surface area contributed by atoms with Gasteiger partial charge < -0.3 is 10.5 Å². The van der Waals surface area contributed by atoms with Crippen molar-refractivity contribution in [1.82, 2.24) is 4.90 Å².